The standard InChI is InChI=1S/C17H18N2OS/c18-12-14-2-4-16(5-3-14)20-10-1-8-19-9-6-17-15(13-19)7-11-21-17/h2-5,7,11H,1,6,8-10,13H2. The topological polar surface area (TPSA) is 36.3 Å². The average molecular weight is 298 g/mol. The maximum absolute atomic E-state index is 8.75. The van der Waals surface area contributed by atoms with Crippen molar-refractivity contribution in [3.63, 3.8) is 0 Å². The molecule has 21 heavy (non-hydrogen) atoms. The van der Waals surface area contributed by atoms with Crippen LogP contribution in [0.1, 0.15) is 22.4 Å². The van der Waals surface area contributed by atoms with Crippen LogP contribution in [0.3, 0.4) is 0 Å². The number of hydrogen-bond acceptors (Lipinski definition) is 4. The van der Waals surface area contributed by atoms with E-state index in [2.05, 4.69) is 22.4 Å². The molecule has 0 amide bonds. The molecule has 3 nitrogen and oxygen atoms in total. The molecule has 0 aliphatic carbocycles. The summed E-state index contributed by atoms with van der Waals surface area (Å²) in [5.74, 6) is 0.841. The van der Waals surface area contributed by atoms with Gasteiger partial charge in [-0.2, -0.15) is 5.26 Å². The Kier molecular flexibility index (Phi) is 4.54. The van der Waals surface area contributed by atoms with E-state index in [0.29, 0.717) is 5.56 Å². The third kappa shape index (κ3) is 3.63. The smallest absolute Gasteiger partial charge is 0.119 e. The summed E-state index contributed by atoms with van der Waals surface area (Å²) in [6.45, 7) is 4.03. The van der Waals surface area contributed by atoms with Gasteiger partial charge in [-0.05, 0) is 54.1 Å². The van der Waals surface area contributed by atoms with E-state index in [9.17, 15) is 0 Å². The summed E-state index contributed by atoms with van der Waals surface area (Å²) in [5.41, 5.74) is 2.17. The number of nitrogens with zero attached hydrogens (tertiary/aromatic N) is 2. The molecule has 0 radical (unpaired) electrons. The molecular formula is C17H18N2OS. The summed E-state index contributed by atoms with van der Waals surface area (Å²) in [7, 11) is 0. The van der Waals surface area contributed by atoms with Crippen LogP contribution in [0.4, 0.5) is 0 Å². The molecule has 1 aliphatic rings. The molecule has 0 N–H and O–H groups in total. The van der Waals surface area contributed by atoms with Gasteiger partial charge in [-0.3, -0.25) is 4.90 Å². The molecule has 1 aromatic heterocycles. The third-order valence-electron chi connectivity index (χ3n) is 3.76. The molecule has 2 heterocycles. The summed E-state index contributed by atoms with van der Waals surface area (Å²) < 4.78 is 5.72. The van der Waals surface area contributed by atoms with Crippen molar-refractivity contribution < 1.29 is 4.74 Å². The second-order valence-electron chi connectivity index (χ2n) is 5.23. The Morgan fingerprint density at radius 2 is 2.10 bits per heavy atom. The van der Waals surface area contributed by atoms with Crippen LogP contribution in [-0.2, 0) is 13.0 Å². The number of thiophene rings is 1. The highest BCUT2D eigenvalue weighted by molar-refractivity contribution is 7.10. The molecule has 0 saturated heterocycles. The van der Waals surface area contributed by atoms with Crippen molar-refractivity contribution in [1.82, 2.24) is 4.90 Å². The van der Waals surface area contributed by atoms with Crippen molar-refractivity contribution in [2.75, 3.05) is 19.7 Å². The molecule has 1 aliphatic heterocycles. The van der Waals surface area contributed by atoms with Gasteiger partial charge in [0.05, 0.1) is 18.2 Å². The van der Waals surface area contributed by atoms with E-state index in [0.717, 1.165) is 38.4 Å². The Hall–Kier alpha value is -1.83. The van der Waals surface area contributed by atoms with Gasteiger partial charge >= 0.3 is 0 Å². The molecule has 0 saturated carbocycles. The minimum absolute atomic E-state index is 0.669. The van der Waals surface area contributed by atoms with E-state index in [4.69, 9.17) is 10.00 Å². The minimum Gasteiger partial charge on any atom is -0.494 e. The van der Waals surface area contributed by atoms with Crippen molar-refractivity contribution in [2.45, 2.75) is 19.4 Å². The molecule has 2 aromatic rings. The molecule has 3 rings (SSSR count). The van der Waals surface area contributed by atoms with Gasteiger partial charge in [0.1, 0.15) is 5.75 Å². The van der Waals surface area contributed by atoms with Gasteiger partial charge in [-0.25, -0.2) is 0 Å². The fraction of sp³-hybridized carbons (Fsp3) is 0.353. The van der Waals surface area contributed by atoms with Gasteiger partial charge in [0.15, 0.2) is 0 Å². The summed E-state index contributed by atoms with van der Waals surface area (Å²) in [5, 5.41) is 10.9. The summed E-state index contributed by atoms with van der Waals surface area (Å²) >= 11 is 1.88. The van der Waals surface area contributed by atoms with Gasteiger partial charge in [-0.15, -0.1) is 11.3 Å². The number of hydrogen-bond donors (Lipinski definition) is 0. The average Bonchev–Trinajstić information content (AvgIpc) is 3.00. The zero-order chi connectivity index (χ0) is 14.5. The molecule has 0 spiro atoms. The van der Waals surface area contributed by atoms with E-state index in [-0.39, 0.29) is 0 Å². The Bertz CT molecular complexity index is 627. The van der Waals surface area contributed by atoms with Crippen molar-refractivity contribution in [2.24, 2.45) is 0 Å². The lowest BCUT2D eigenvalue weighted by Gasteiger charge is -2.26. The normalized spacial score (nSPS) is 14.4. The fourth-order valence-electron chi connectivity index (χ4n) is 2.60. The van der Waals surface area contributed by atoms with Gasteiger partial charge in [0.25, 0.3) is 0 Å². The lowest BCUT2D eigenvalue weighted by Crippen LogP contribution is -2.31. The van der Waals surface area contributed by atoms with E-state index >= 15 is 0 Å². The van der Waals surface area contributed by atoms with Crippen LogP contribution in [0.2, 0.25) is 0 Å². The van der Waals surface area contributed by atoms with Gasteiger partial charge in [0.2, 0.25) is 0 Å². The van der Waals surface area contributed by atoms with Crippen LogP contribution < -0.4 is 4.74 Å². The molecule has 0 atom stereocenters. The minimum atomic E-state index is 0.669. The summed E-state index contributed by atoms with van der Waals surface area (Å²) in [4.78, 5) is 4.05. The Morgan fingerprint density at radius 3 is 2.90 bits per heavy atom. The predicted molar refractivity (Wildman–Crippen MR) is 84.6 cm³/mol. The maximum Gasteiger partial charge on any atom is 0.119 e. The second kappa shape index (κ2) is 6.75. The quantitative estimate of drug-likeness (QED) is 0.793. The number of ether oxygens (including phenoxy) is 1. The summed E-state index contributed by atoms with van der Waals surface area (Å²) in [6, 6.07) is 11.7. The van der Waals surface area contributed by atoms with Crippen LogP contribution in [0.5, 0.6) is 5.75 Å². The first kappa shape index (κ1) is 14.1. The van der Waals surface area contributed by atoms with Crippen LogP contribution in [0.15, 0.2) is 35.7 Å². The van der Waals surface area contributed by atoms with Crippen LogP contribution in [0.25, 0.3) is 0 Å². The number of nitriles is 1. The van der Waals surface area contributed by atoms with E-state index < -0.39 is 0 Å². The van der Waals surface area contributed by atoms with Gasteiger partial charge < -0.3 is 4.74 Å². The molecule has 1 aromatic carbocycles. The van der Waals surface area contributed by atoms with Crippen molar-refractivity contribution in [1.29, 1.82) is 5.26 Å². The number of rotatable bonds is 5. The zero-order valence-electron chi connectivity index (χ0n) is 11.9. The monoisotopic (exact) mass is 298 g/mol. The van der Waals surface area contributed by atoms with Crippen molar-refractivity contribution in [3.8, 4) is 11.8 Å². The maximum atomic E-state index is 8.75. The molecule has 4 heteroatoms. The van der Waals surface area contributed by atoms with Crippen molar-refractivity contribution in [3.05, 3.63) is 51.7 Å². The summed E-state index contributed by atoms with van der Waals surface area (Å²) in [6.07, 6.45) is 2.21. The Balaban J connectivity index is 1.40. The largest absolute Gasteiger partial charge is 0.494 e. The molecule has 0 unspecified atom stereocenters. The Morgan fingerprint density at radius 1 is 1.24 bits per heavy atom. The van der Waals surface area contributed by atoms with Crippen LogP contribution in [-0.4, -0.2) is 24.6 Å². The number of benzene rings is 1. The highest BCUT2D eigenvalue weighted by Gasteiger charge is 2.16. The predicted octanol–water partition coefficient (Wildman–Crippen LogP) is 3.45. The van der Waals surface area contributed by atoms with E-state index in [1.807, 2.05) is 23.5 Å². The lowest BCUT2D eigenvalue weighted by atomic mass is 10.1. The first-order valence-electron chi connectivity index (χ1n) is 7.26. The highest BCUT2D eigenvalue weighted by atomic mass is 32.1. The zero-order valence-corrected chi connectivity index (χ0v) is 12.7. The third-order valence-corrected chi connectivity index (χ3v) is 4.78. The Labute approximate surface area is 129 Å². The van der Waals surface area contributed by atoms with Gasteiger partial charge in [0, 0.05) is 24.5 Å². The first-order chi connectivity index (χ1) is 10.3. The van der Waals surface area contributed by atoms with Crippen LogP contribution in [0, 0.1) is 11.3 Å². The molecule has 0 bridgehead atoms. The van der Waals surface area contributed by atoms with Crippen LogP contribution >= 0.6 is 11.3 Å². The first-order valence-corrected chi connectivity index (χ1v) is 8.14. The SMILES string of the molecule is N#Cc1ccc(OCCCN2CCc3sccc3C2)cc1. The van der Waals surface area contributed by atoms with Gasteiger partial charge in [-0.1, -0.05) is 0 Å². The molecular weight excluding hydrogens is 280 g/mol. The number of fused-ring (bicyclic) bond motifs is 1. The van der Waals surface area contributed by atoms with Crippen molar-refractivity contribution >= 4 is 11.3 Å². The fourth-order valence-corrected chi connectivity index (χ4v) is 3.49. The molecule has 0 fully saturated rings. The molecule has 108 valence electrons. The highest BCUT2D eigenvalue weighted by Crippen LogP contribution is 2.23. The second-order valence-corrected chi connectivity index (χ2v) is 6.23. The van der Waals surface area contributed by atoms with E-state index in [1.165, 1.54) is 12.0 Å². The van der Waals surface area contributed by atoms with E-state index in [1.54, 1.807) is 17.0 Å². The lowest BCUT2D eigenvalue weighted by molar-refractivity contribution is 0.222.